The molecule has 2 heteroatoms. The number of benzene rings is 11. The number of fused-ring (bicyclic) bond motifs is 6. The van der Waals surface area contributed by atoms with Crippen LogP contribution >= 0.6 is 0 Å². The summed E-state index contributed by atoms with van der Waals surface area (Å²) in [5, 5.41) is 7.53. The van der Waals surface area contributed by atoms with Crippen LogP contribution in [0, 0.1) is 0 Å². The van der Waals surface area contributed by atoms with Gasteiger partial charge in [-0.2, -0.15) is 0 Å². The molecule has 0 aliphatic rings. The fourth-order valence-corrected chi connectivity index (χ4v) is 9.76. The highest BCUT2D eigenvalue weighted by molar-refractivity contribution is 6.21. The molecule has 0 saturated carbocycles. The second kappa shape index (κ2) is 15.8. The van der Waals surface area contributed by atoms with E-state index in [-0.39, 0.29) is 0 Å². The van der Waals surface area contributed by atoms with Crippen LogP contribution in [-0.4, -0.2) is 4.57 Å². The normalized spacial score (nSPS) is 11.4. The molecule has 0 aliphatic carbocycles. The predicted molar refractivity (Wildman–Crippen MR) is 272 cm³/mol. The summed E-state index contributed by atoms with van der Waals surface area (Å²) >= 11 is 0. The van der Waals surface area contributed by atoms with Gasteiger partial charge in [-0.1, -0.05) is 194 Å². The van der Waals surface area contributed by atoms with Crippen molar-refractivity contribution in [3.8, 4) is 50.2 Å². The van der Waals surface area contributed by atoms with E-state index in [2.05, 4.69) is 264 Å². The van der Waals surface area contributed by atoms with Crippen molar-refractivity contribution in [1.82, 2.24) is 4.57 Å². The van der Waals surface area contributed by atoms with Crippen molar-refractivity contribution in [3.63, 3.8) is 0 Å². The van der Waals surface area contributed by atoms with E-state index >= 15 is 0 Å². The highest BCUT2D eigenvalue weighted by atomic mass is 15.1. The van der Waals surface area contributed by atoms with Crippen LogP contribution < -0.4 is 4.90 Å². The Hall–Kier alpha value is -8.46. The maximum atomic E-state index is 2.47. The average Bonchev–Trinajstić information content (AvgIpc) is 3.72. The molecule has 0 fully saturated rings. The zero-order chi connectivity index (χ0) is 42.4. The summed E-state index contributed by atoms with van der Waals surface area (Å²) in [6.07, 6.45) is 0. The summed E-state index contributed by atoms with van der Waals surface area (Å²) in [6.45, 7) is 0. The summed E-state index contributed by atoms with van der Waals surface area (Å²) in [5.41, 5.74) is 16.2. The van der Waals surface area contributed by atoms with Crippen LogP contribution in [0.1, 0.15) is 0 Å². The molecule has 0 saturated heterocycles. The molecular weight excluding hydrogens is 773 g/mol. The van der Waals surface area contributed by atoms with E-state index in [1.54, 1.807) is 0 Å². The predicted octanol–water partition coefficient (Wildman–Crippen LogP) is 17.2. The molecule has 11 aromatic carbocycles. The van der Waals surface area contributed by atoms with Gasteiger partial charge in [0.05, 0.1) is 16.7 Å². The van der Waals surface area contributed by atoms with Crippen molar-refractivity contribution in [3.05, 3.63) is 255 Å². The number of hydrogen-bond acceptors (Lipinski definition) is 1. The maximum Gasteiger partial charge on any atom is 0.0547 e. The first-order valence-electron chi connectivity index (χ1n) is 22.0. The van der Waals surface area contributed by atoms with E-state index < -0.39 is 0 Å². The number of hydrogen-bond donors (Lipinski definition) is 0. The Balaban J connectivity index is 1.02. The van der Waals surface area contributed by atoms with Gasteiger partial charge in [0, 0.05) is 33.4 Å². The molecule has 2 nitrogen and oxygen atoms in total. The zero-order valence-electron chi connectivity index (χ0n) is 35.1. The molecule has 1 aromatic heterocycles. The van der Waals surface area contributed by atoms with Gasteiger partial charge in [0.25, 0.3) is 0 Å². The lowest BCUT2D eigenvalue weighted by Gasteiger charge is -2.27. The fraction of sp³-hybridized carbons (Fsp3) is 0. The SMILES string of the molecule is c1ccc(-c2cccc(N(c3ccc(-c4cccc(-n5c6ccccc6c6c7ccccc7ccc65)c4-c4ccccc4)cc3)c3cccc(-c4ccc5ccccc5c4)c3)c2)cc1. The van der Waals surface area contributed by atoms with E-state index in [4.69, 9.17) is 0 Å². The molecule has 0 unspecified atom stereocenters. The molecule has 0 bridgehead atoms. The van der Waals surface area contributed by atoms with Gasteiger partial charge >= 0.3 is 0 Å². The minimum Gasteiger partial charge on any atom is -0.310 e. The Morgan fingerprint density at radius 1 is 0.281 bits per heavy atom. The highest BCUT2D eigenvalue weighted by Crippen LogP contribution is 2.44. The van der Waals surface area contributed by atoms with E-state index in [1.807, 2.05) is 0 Å². The number of anilines is 3. The summed E-state index contributed by atoms with van der Waals surface area (Å²) in [6, 6.07) is 92.7. The van der Waals surface area contributed by atoms with Gasteiger partial charge in [-0.05, 0) is 121 Å². The number of nitrogens with zero attached hydrogens (tertiary/aromatic N) is 2. The molecular formula is C62H42N2. The van der Waals surface area contributed by atoms with Crippen LogP contribution in [0.5, 0.6) is 0 Å². The van der Waals surface area contributed by atoms with Crippen LogP contribution in [0.3, 0.4) is 0 Å². The smallest absolute Gasteiger partial charge is 0.0547 e. The first kappa shape index (κ1) is 37.3. The zero-order valence-corrected chi connectivity index (χ0v) is 35.1. The first-order chi connectivity index (χ1) is 31.7. The van der Waals surface area contributed by atoms with Gasteiger partial charge in [-0.15, -0.1) is 0 Å². The van der Waals surface area contributed by atoms with Crippen LogP contribution in [0.4, 0.5) is 17.1 Å². The molecule has 12 aromatic rings. The Kier molecular flexibility index (Phi) is 9.20. The summed E-state index contributed by atoms with van der Waals surface area (Å²) in [7, 11) is 0. The third-order valence-corrected chi connectivity index (χ3v) is 12.7. The maximum absolute atomic E-state index is 2.47. The average molecular weight is 815 g/mol. The molecule has 12 rings (SSSR count). The Labute approximate surface area is 373 Å². The molecule has 1 heterocycles. The molecule has 64 heavy (non-hydrogen) atoms. The van der Waals surface area contributed by atoms with E-state index in [1.165, 1.54) is 82.3 Å². The van der Waals surface area contributed by atoms with Gasteiger partial charge < -0.3 is 9.47 Å². The Morgan fingerprint density at radius 2 is 0.828 bits per heavy atom. The monoisotopic (exact) mass is 814 g/mol. The largest absolute Gasteiger partial charge is 0.310 e. The quantitative estimate of drug-likeness (QED) is 0.148. The standard InChI is InChI=1S/C62H42N2/c1-3-16-43(17-4-1)49-23-13-25-53(41-49)63(54-26-14-24-50(42-54)51-33-32-44-18-7-8-22-48(44)40-51)52-37-34-46(35-38-52)55-29-15-31-59(61(55)47-20-5-2-6-21-47)64-58-30-12-11-28-57(58)62-56-27-10-9-19-45(56)36-39-60(62)64/h1-42H. The van der Waals surface area contributed by atoms with E-state index in [9.17, 15) is 0 Å². The third-order valence-electron chi connectivity index (χ3n) is 12.7. The lowest BCUT2D eigenvalue weighted by molar-refractivity contribution is 1.18. The van der Waals surface area contributed by atoms with Crippen LogP contribution in [0.25, 0.3) is 93.5 Å². The molecule has 0 amide bonds. The second-order valence-corrected chi connectivity index (χ2v) is 16.5. The fourth-order valence-electron chi connectivity index (χ4n) is 9.76. The van der Waals surface area contributed by atoms with E-state index in [0.29, 0.717) is 0 Å². The van der Waals surface area contributed by atoms with Crippen LogP contribution in [0.2, 0.25) is 0 Å². The van der Waals surface area contributed by atoms with Crippen molar-refractivity contribution in [2.24, 2.45) is 0 Å². The van der Waals surface area contributed by atoms with Crippen molar-refractivity contribution in [2.75, 3.05) is 4.90 Å². The highest BCUT2D eigenvalue weighted by Gasteiger charge is 2.21. The Bertz CT molecular complexity index is 3660. The van der Waals surface area contributed by atoms with Crippen LogP contribution in [0.15, 0.2) is 255 Å². The van der Waals surface area contributed by atoms with Crippen molar-refractivity contribution in [1.29, 1.82) is 0 Å². The summed E-state index contributed by atoms with van der Waals surface area (Å²) < 4.78 is 2.47. The number of aromatic nitrogens is 1. The summed E-state index contributed by atoms with van der Waals surface area (Å²) in [4.78, 5) is 2.39. The Morgan fingerprint density at radius 3 is 1.58 bits per heavy atom. The van der Waals surface area contributed by atoms with Crippen LogP contribution in [-0.2, 0) is 0 Å². The minimum absolute atomic E-state index is 1.08. The van der Waals surface area contributed by atoms with E-state index in [0.717, 1.165) is 28.3 Å². The van der Waals surface area contributed by atoms with Crippen molar-refractivity contribution >= 4 is 60.4 Å². The lowest BCUT2D eigenvalue weighted by Crippen LogP contribution is -2.10. The second-order valence-electron chi connectivity index (χ2n) is 16.5. The molecule has 300 valence electrons. The topological polar surface area (TPSA) is 8.17 Å². The molecule has 0 aliphatic heterocycles. The van der Waals surface area contributed by atoms with Gasteiger partial charge in [0.15, 0.2) is 0 Å². The molecule has 0 atom stereocenters. The molecule has 0 N–H and O–H groups in total. The van der Waals surface area contributed by atoms with Gasteiger partial charge in [-0.3, -0.25) is 0 Å². The first-order valence-corrected chi connectivity index (χ1v) is 22.0. The minimum atomic E-state index is 1.08. The van der Waals surface area contributed by atoms with Crippen molar-refractivity contribution in [2.45, 2.75) is 0 Å². The lowest BCUT2D eigenvalue weighted by atomic mass is 9.92. The molecule has 0 spiro atoms. The number of rotatable bonds is 8. The summed E-state index contributed by atoms with van der Waals surface area (Å²) in [5.74, 6) is 0. The van der Waals surface area contributed by atoms with Gasteiger partial charge in [0.1, 0.15) is 0 Å². The van der Waals surface area contributed by atoms with Crippen molar-refractivity contribution < 1.29 is 0 Å². The van der Waals surface area contributed by atoms with Gasteiger partial charge in [0.2, 0.25) is 0 Å². The van der Waals surface area contributed by atoms with Gasteiger partial charge in [-0.25, -0.2) is 0 Å². The number of para-hydroxylation sites is 1. The molecule has 0 radical (unpaired) electrons. The third kappa shape index (κ3) is 6.52.